The van der Waals surface area contributed by atoms with Gasteiger partial charge in [0.2, 0.25) is 5.91 Å². The summed E-state index contributed by atoms with van der Waals surface area (Å²) in [7, 11) is 0. The van der Waals surface area contributed by atoms with Gasteiger partial charge in [-0.05, 0) is 26.7 Å². The molecule has 0 saturated heterocycles. The number of carbonyl (C=O) groups excluding carboxylic acids is 1. The van der Waals surface area contributed by atoms with E-state index < -0.39 is 5.92 Å². The first kappa shape index (κ1) is 13.9. The van der Waals surface area contributed by atoms with Crippen LogP contribution in [0.5, 0.6) is 0 Å². The van der Waals surface area contributed by atoms with Crippen molar-refractivity contribution in [2.24, 2.45) is 5.92 Å². The quantitative estimate of drug-likeness (QED) is 0.718. The lowest BCUT2D eigenvalue weighted by Gasteiger charge is -2.28. The summed E-state index contributed by atoms with van der Waals surface area (Å²) in [5.74, 6) is -0.672. The van der Waals surface area contributed by atoms with Crippen LogP contribution >= 0.6 is 0 Å². The van der Waals surface area contributed by atoms with E-state index in [2.05, 4.69) is 0 Å². The van der Waals surface area contributed by atoms with Crippen LogP contribution in [0.25, 0.3) is 0 Å². The minimum Gasteiger partial charge on any atom is -0.396 e. The van der Waals surface area contributed by atoms with Gasteiger partial charge in [0.15, 0.2) is 0 Å². The van der Waals surface area contributed by atoms with Crippen LogP contribution in [0.1, 0.15) is 33.6 Å². The van der Waals surface area contributed by atoms with Gasteiger partial charge in [-0.3, -0.25) is 4.79 Å². The molecule has 1 atom stereocenters. The lowest BCUT2D eigenvalue weighted by atomic mass is 10.1. The van der Waals surface area contributed by atoms with Gasteiger partial charge in [-0.1, -0.05) is 6.92 Å². The number of aliphatic hydroxyl groups excluding tert-OH is 1. The molecule has 0 heterocycles. The first-order valence-corrected chi connectivity index (χ1v) is 5.39. The van der Waals surface area contributed by atoms with Crippen LogP contribution in [-0.4, -0.2) is 35.1 Å². The van der Waals surface area contributed by atoms with Gasteiger partial charge >= 0.3 is 0 Å². The van der Waals surface area contributed by atoms with Crippen molar-refractivity contribution in [1.82, 2.24) is 4.90 Å². The average molecular weight is 212 g/mol. The first-order chi connectivity index (χ1) is 7.08. The van der Waals surface area contributed by atoms with Crippen molar-refractivity contribution in [3.05, 3.63) is 0 Å². The van der Waals surface area contributed by atoms with Crippen LogP contribution in [0.15, 0.2) is 0 Å². The van der Waals surface area contributed by atoms with E-state index in [0.717, 1.165) is 0 Å². The highest BCUT2D eigenvalue weighted by atomic mass is 16.3. The summed E-state index contributed by atoms with van der Waals surface area (Å²) in [5.41, 5.74) is 0. The maximum atomic E-state index is 11.9. The number of aliphatic hydroxyl groups is 1. The molecular weight excluding hydrogens is 192 g/mol. The molecule has 0 fully saturated rings. The van der Waals surface area contributed by atoms with Crippen LogP contribution in [0, 0.1) is 17.2 Å². The standard InChI is InChI=1S/C11H20N2O2/c1-4-10(8-12)11(15)13(9(2)3)6-5-7-14/h9-10,14H,4-7H2,1-3H3. The Morgan fingerprint density at radius 2 is 2.13 bits per heavy atom. The Labute approximate surface area is 91.5 Å². The summed E-state index contributed by atoms with van der Waals surface area (Å²) in [4.78, 5) is 13.5. The normalized spacial score (nSPS) is 12.3. The fourth-order valence-corrected chi connectivity index (χ4v) is 1.39. The Hall–Kier alpha value is -1.08. The molecule has 0 saturated carbocycles. The van der Waals surface area contributed by atoms with Gasteiger partial charge in [0, 0.05) is 19.2 Å². The van der Waals surface area contributed by atoms with E-state index in [1.807, 2.05) is 26.8 Å². The topological polar surface area (TPSA) is 64.3 Å². The molecule has 0 bridgehead atoms. The maximum absolute atomic E-state index is 11.9. The Morgan fingerprint density at radius 1 is 1.53 bits per heavy atom. The van der Waals surface area contributed by atoms with Crippen molar-refractivity contribution < 1.29 is 9.90 Å². The van der Waals surface area contributed by atoms with Gasteiger partial charge in [0.25, 0.3) is 0 Å². The third kappa shape index (κ3) is 4.30. The van der Waals surface area contributed by atoms with Crippen LogP contribution in [0.2, 0.25) is 0 Å². The van der Waals surface area contributed by atoms with E-state index in [4.69, 9.17) is 10.4 Å². The molecule has 1 amide bonds. The van der Waals surface area contributed by atoms with E-state index in [1.165, 1.54) is 0 Å². The molecule has 0 aliphatic carbocycles. The molecule has 0 rings (SSSR count). The van der Waals surface area contributed by atoms with Gasteiger partial charge in [-0.2, -0.15) is 5.26 Å². The number of carbonyl (C=O) groups is 1. The van der Waals surface area contributed by atoms with Crippen molar-refractivity contribution in [2.45, 2.75) is 39.7 Å². The highest BCUT2D eigenvalue weighted by Crippen LogP contribution is 2.10. The highest BCUT2D eigenvalue weighted by Gasteiger charge is 2.23. The number of amides is 1. The van der Waals surface area contributed by atoms with Crippen molar-refractivity contribution in [1.29, 1.82) is 5.26 Å². The van der Waals surface area contributed by atoms with Gasteiger partial charge in [-0.25, -0.2) is 0 Å². The predicted octanol–water partition coefficient (Wildman–Crippen LogP) is 1.16. The fourth-order valence-electron chi connectivity index (χ4n) is 1.39. The van der Waals surface area contributed by atoms with Gasteiger partial charge in [-0.15, -0.1) is 0 Å². The summed E-state index contributed by atoms with van der Waals surface area (Å²) < 4.78 is 0. The number of nitriles is 1. The van der Waals surface area contributed by atoms with Gasteiger partial charge < -0.3 is 10.0 Å². The zero-order chi connectivity index (χ0) is 11.8. The van der Waals surface area contributed by atoms with Crippen LogP contribution in [0.3, 0.4) is 0 Å². The average Bonchev–Trinajstić information content (AvgIpc) is 2.19. The third-order valence-corrected chi connectivity index (χ3v) is 2.33. The SMILES string of the molecule is CCC(C#N)C(=O)N(CCCO)C(C)C. The van der Waals surface area contributed by atoms with E-state index in [0.29, 0.717) is 19.4 Å². The van der Waals surface area contributed by atoms with Crippen molar-refractivity contribution in [3.8, 4) is 6.07 Å². The molecule has 0 aromatic rings. The minimum atomic E-state index is -0.550. The third-order valence-electron chi connectivity index (χ3n) is 2.33. The molecule has 0 aliphatic heterocycles. The van der Waals surface area contributed by atoms with E-state index in [1.54, 1.807) is 4.90 Å². The summed E-state index contributed by atoms with van der Waals surface area (Å²) in [6.45, 7) is 6.25. The van der Waals surface area contributed by atoms with Crippen molar-refractivity contribution >= 4 is 5.91 Å². The first-order valence-electron chi connectivity index (χ1n) is 5.39. The van der Waals surface area contributed by atoms with E-state index >= 15 is 0 Å². The molecule has 15 heavy (non-hydrogen) atoms. The number of hydrogen-bond acceptors (Lipinski definition) is 3. The molecular formula is C11H20N2O2. The lowest BCUT2D eigenvalue weighted by Crippen LogP contribution is -2.41. The summed E-state index contributed by atoms with van der Waals surface area (Å²) in [5, 5.41) is 17.5. The summed E-state index contributed by atoms with van der Waals surface area (Å²) in [6.07, 6.45) is 1.10. The van der Waals surface area contributed by atoms with Gasteiger partial charge in [0.1, 0.15) is 5.92 Å². The highest BCUT2D eigenvalue weighted by molar-refractivity contribution is 5.81. The second kappa shape index (κ2) is 7.24. The zero-order valence-electron chi connectivity index (χ0n) is 9.73. The zero-order valence-corrected chi connectivity index (χ0v) is 9.73. The molecule has 4 nitrogen and oxygen atoms in total. The Morgan fingerprint density at radius 3 is 2.47 bits per heavy atom. The Bertz CT molecular complexity index is 233. The van der Waals surface area contributed by atoms with Gasteiger partial charge in [0.05, 0.1) is 6.07 Å². The second-order valence-electron chi connectivity index (χ2n) is 3.79. The molecule has 1 unspecified atom stereocenters. The number of hydrogen-bond donors (Lipinski definition) is 1. The molecule has 4 heteroatoms. The van der Waals surface area contributed by atoms with Crippen molar-refractivity contribution in [3.63, 3.8) is 0 Å². The minimum absolute atomic E-state index is 0.0693. The molecule has 0 aromatic carbocycles. The Kier molecular flexibility index (Phi) is 6.72. The number of nitrogens with zero attached hydrogens (tertiary/aromatic N) is 2. The molecule has 0 spiro atoms. The predicted molar refractivity (Wildman–Crippen MR) is 57.9 cm³/mol. The molecule has 0 radical (unpaired) electrons. The molecule has 86 valence electrons. The second-order valence-corrected chi connectivity index (χ2v) is 3.79. The lowest BCUT2D eigenvalue weighted by molar-refractivity contribution is -0.135. The number of rotatable bonds is 6. The molecule has 1 N–H and O–H groups in total. The Balaban J connectivity index is 4.48. The largest absolute Gasteiger partial charge is 0.396 e. The smallest absolute Gasteiger partial charge is 0.240 e. The summed E-state index contributed by atoms with van der Waals surface area (Å²) in [6, 6.07) is 2.08. The molecule has 0 aromatic heterocycles. The van der Waals surface area contributed by atoms with Crippen LogP contribution in [0.4, 0.5) is 0 Å². The fraction of sp³-hybridized carbons (Fsp3) is 0.818. The van der Waals surface area contributed by atoms with E-state index in [9.17, 15) is 4.79 Å². The monoisotopic (exact) mass is 212 g/mol. The molecule has 0 aliphatic rings. The van der Waals surface area contributed by atoms with Crippen molar-refractivity contribution in [2.75, 3.05) is 13.2 Å². The maximum Gasteiger partial charge on any atom is 0.240 e. The van der Waals surface area contributed by atoms with Crippen LogP contribution < -0.4 is 0 Å². The van der Waals surface area contributed by atoms with E-state index in [-0.39, 0.29) is 18.6 Å². The summed E-state index contributed by atoms with van der Waals surface area (Å²) >= 11 is 0. The van der Waals surface area contributed by atoms with Crippen LogP contribution in [-0.2, 0) is 4.79 Å².